The zero-order chi connectivity index (χ0) is 34.8. The first kappa shape index (κ1) is 35.9. The summed E-state index contributed by atoms with van der Waals surface area (Å²) in [6.07, 6.45) is -2.10. The van der Waals surface area contributed by atoms with Crippen LogP contribution in [0.2, 0.25) is 5.02 Å². The predicted molar refractivity (Wildman–Crippen MR) is 154 cm³/mol. The number of carboxylic acid groups (broad SMARTS) is 2. The summed E-state index contributed by atoms with van der Waals surface area (Å²) >= 11 is 6.31. The topological polar surface area (TPSA) is 192 Å². The van der Waals surface area contributed by atoms with E-state index in [1.165, 1.54) is 6.20 Å². The van der Waals surface area contributed by atoms with Gasteiger partial charge in [0.2, 0.25) is 5.95 Å². The summed E-state index contributed by atoms with van der Waals surface area (Å²) in [6.45, 7) is 0.299. The summed E-state index contributed by atoms with van der Waals surface area (Å²) < 4.78 is 68.7. The van der Waals surface area contributed by atoms with Gasteiger partial charge in [-0.05, 0) is 60.4 Å². The van der Waals surface area contributed by atoms with Crippen LogP contribution >= 0.6 is 11.6 Å². The number of nitrogens with one attached hydrogen (secondary N) is 4. The number of benzene rings is 1. The molecule has 20 heteroatoms. The number of anilines is 5. The maximum Gasteiger partial charge on any atom is 0.490 e. The van der Waals surface area contributed by atoms with Crippen molar-refractivity contribution >= 4 is 58.4 Å². The highest BCUT2D eigenvalue weighted by atomic mass is 35.5. The fourth-order valence-electron chi connectivity index (χ4n) is 3.50. The van der Waals surface area contributed by atoms with Crippen molar-refractivity contribution in [1.29, 1.82) is 0 Å². The lowest BCUT2D eigenvalue weighted by atomic mass is 10.0. The molecule has 47 heavy (non-hydrogen) atoms. The van der Waals surface area contributed by atoms with Crippen molar-refractivity contribution in [3.63, 3.8) is 0 Å². The molecule has 6 bridgehead atoms. The summed E-state index contributed by atoms with van der Waals surface area (Å²) in [6, 6.07) is 11.0. The molecule has 0 saturated carbocycles. The number of furan rings is 1. The number of carbonyl (C=O) groups excluding carboxylic acids is 1. The molecule has 0 saturated heterocycles. The molecular formula is C27H22ClF6N7O6. The van der Waals surface area contributed by atoms with Gasteiger partial charge in [0.15, 0.2) is 5.82 Å². The average molecular weight is 690 g/mol. The lowest BCUT2D eigenvalue weighted by molar-refractivity contribution is -0.193. The van der Waals surface area contributed by atoms with Gasteiger partial charge in [0.25, 0.3) is 0 Å². The molecule has 1 aliphatic rings. The Bertz CT molecular complexity index is 1680. The molecule has 0 unspecified atom stereocenters. The number of aryl methyl sites for hydroxylation is 2. The second-order valence-electron chi connectivity index (χ2n) is 9.09. The van der Waals surface area contributed by atoms with E-state index in [1.807, 2.05) is 30.5 Å². The number of aromatic nitrogens is 3. The average Bonchev–Trinajstić information content (AvgIpc) is 3.51. The van der Waals surface area contributed by atoms with E-state index in [0.29, 0.717) is 41.2 Å². The van der Waals surface area contributed by atoms with Crippen LogP contribution in [0.5, 0.6) is 0 Å². The minimum absolute atomic E-state index is 0.299. The van der Waals surface area contributed by atoms with E-state index in [4.69, 9.17) is 35.8 Å². The second kappa shape index (κ2) is 15.6. The lowest BCUT2D eigenvalue weighted by Crippen LogP contribution is -2.28. The van der Waals surface area contributed by atoms with Crippen LogP contribution in [0.25, 0.3) is 0 Å². The van der Waals surface area contributed by atoms with Crippen LogP contribution in [0.1, 0.15) is 16.9 Å². The molecule has 0 fully saturated rings. The van der Waals surface area contributed by atoms with Gasteiger partial charge in [-0.25, -0.2) is 19.4 Å². The van der Waals surface area contributed by atoms with E-state index >= 15 is 0 Å². The van der Waals surface area contributed by atoms with Crippen molar-refractivity contribution in [3.8, 4) is 0 Å². The second-order valence-corrected chi connectivity index (χ2v) is 9.49. The Balaban J connectivity index is 0.000000360. The highest BCUT2D eigenvalue weighted by molar-refractivity contribution is 6.32. The van der Waals surface area contributed by atoms with Gasteiger partial charge in [-0.2, -0.15) is 31.3 Å². The third-order valence-corrected chi connectivity index (χ3v) is 5.86. The van der Waals surface area contributed by atoms with Crippen molar-refractivity contribution < 1.29 is 55.4 Å². The molecule has 4 aromatic rings. The molecule has 6 N–H and O–H groups in total. The molecule has 13 nitrogen and oxygen atoms in total. The Kier molecular flexibility index (Phi) is 11.9. The third-order valence-electron chi connectivity index (χ3n) is 5.58. The molecule has 0 radical (unpaired) electrons. The number of carboxylic acids is 2. The summed E-state index contributed by atoms with van der Waals surface area (Å²) in [5, 5.41) is 26.8. The Morgan fingerprint density at radius 1 is 0.915 bits per heavy atom. The van der Waals surface area contributed by atoms with E-state index in [1.54, 1.807) is 24.6 Å². The summed E-state index contributed by atoms with van der Waals surface area (Å²) in [7, 11) is 0. The van der Waals surface area contributed by atoms with Crippen LogP contribution in [-0.2, 0) is 29.0 Å². The first-order chi connectivity index (χ1) is 22.0. The van der Waals surface area contributed by atoms with E-state index < -0.39 is 24.3 Å². The maximum absolute atomic E-state index is 12.5. The number of fused-ring (bicyclic) bond motifs is 6. The number of hydrogen-bond acceptors (Lipinski definition) is 9. The van der Waals surface area contributed by atoms with Gasteiger partial charge in [0.05, 0.1) is 30.9 Å². The molecule has 1 aromatic carbocycles. The van der Waals surface area contributed by atoms with Gasteiger partial charge in [0.1, 0.15) is 10.8 Å². The molecular weight excluding hydrogens is 668 g/mol. The van der Waals surface area contributed by atoms with Crippen molar-refractivity contribution in [2.45, 2.75) is 31.7 Å². The molecule has 2 amide bonds. The number of nitrogens with zero attached hydrogens (tertiary/aromatic N) is 3. The molecule has 1 aliphatic heterocycles. The standard InChI is InChI=1S/C23H20ClN7O2.2C2HF3O2/c24-19-13-26-22-29-17-8-14(10-25-11-17)3-4-15-9-16(28-21(19)31-22)5-6-20(15)30-23(32)27-12-18-2-1-7-33-18;2*3-2(4,5)1(6)7/h1-2,5-11,13H,3-4,12H2,(H2,27,30,32)(H2,26,28,29,31);2*(H,6,7). The Hall–Kier alpha value is -5.59. The van der Waals surface area contributed by atoms with Gasteiger partial charge in [-0.15, -0.1) is 0 Å². The smallest absolute Gasteiger partial charge is 0.475 e. The van der Waals surface area contributed by atoms with Crippen LogP contribution in [0, 0.1) is 0 Å². The van der Waals surface area contributed by atoms with Crippen molar-refractivity contribution in [1.82, 2.24) is 20.3 Å². The highest BCUT2D eigenvalue weighted by Crippen LogP contribution is 2.29. The SMILES string of the molecule is O=C(NCc1ccco1)Nc1ccc2cc1CCc1cncc(c1)Nc1ncc(Cl)c(n1)N2.O=C(O)C(F)(F)F.O=C(O)C(F)(F)F. The zero-order valence-electron chi connectivity index (χ0n) is 23.4. The molecule has 0 atom stereocenters. The molecule has 5 rings (SSSR count). The van der Waals surface area contributed by atoms with Crippen molar-refractivity contribution in [3.05, 3.63) is 83.2 Å². The summed E-state index contributed by atoms with van der Waals surface area (Å²) in [5.41, 5.74) is 4.28. The van der Waals surface area contributed by atoms with Crippen LogP contribution in [0.4, 0.5) is 60.0 Å². The third kappa shape index (κ3) is 11.7. The number of amides is 2. The minimum Gasteiger partial charge on any atom is -0.475 e. The molecule has 3 aromatic heterocycles. The number of hydrogen-bond donors (Lipinski definition) is 6. The Labute approximate surface area is 265 Å². The lowest BCUT2D eigenvalue weighted by Gasteiger charge is -2.15. The fraction of sp³-hybridized carbons (Fsp3) is 0.185. The number of urea groups is 1. The normalized spacial score (nSPS) is 12.0. The first-order valence-electron chi connectivity index (χ1n) is 12.8. The molecule has 0 spiro atoms. The number of alkyl halides is 6. The van der Waals surface area contributed by atoms with E-state index in [0.717, 1.165) is 28.9 Å². The van der Waals surface area contributed by atoms with Crippen LogP contribution < -0.4 is 21.3 Å². The van der Waals surface area contributed by atoms with Crippen molar-refractivity contribution in [2.75, 3.05) is 16.0 Å². The summed E-state index contributed by atoms with van der Waals surface area (Å²) in [4.78, 5) is 43.3. The van der Waals surface area contributed by atoms with Crippen LogP contribution in [0.15, 0.2) is 65.7 Å². The van der Waals surface area contributed by atoms with Gasteiger partial charge >= 0.3 is 30.3 Å². The number of halogens is 7. The first-order valence-corrected chi connectivity index (χ1v) is 13.2. The number of aliphatic carboxylic acids is 2. The largest absolute Gasteiger partial charge is 0.490 e. The fourth-order valence-corrected chi connectivity index (χ4v) is 3.64. The van der Waals surface area contributed by atoms with E-state index in [-0.39, 0.29) is 6.03 Å². The molecule has 0 aliphatic carbocycles. The highest BCUT2D eigenvalue weighted by Gasteiger charge is 2.38. The van der Waals surface area contributed by atoms with Gasteiger partial charge < -0.3 is 35.9 Å². The van der Waals surface area contributed by atoms with Crippen molar-refractivity contribution in [2.24, 2.45) is 0 Å². The quantitative estimate of drug-likeness (QED) is 0.132. The zero-order valence-corrected chi connectivity index (χ0v) is 24.2. The Morgan fingerprint density at radius 2 is 1.60 bits per heavy atom. The number of carbonyl (C=O) groups is 3. The number of pyridine rings is 1. The predicted octanol–water partition coefficient (Wildman–Crippen LogP) is 6.29. The van der Waals surface area contributed by atoms with E-state index in [2.05, 4.69) is 36.2 Å². The van der Waals surface area contributed by atoms with Gasteiger partial charge in [0, 0.05) is 17.6 Å². The van der Waals surface area contributed by atoms with Gasteiger partial charge in [-0.1, -0.05) is 11.6 Å². The maximum atomic E-state index is 12.5. The number of rotatable bonds is 3. The minimum atomic E-state index is -5.08. The van der Waals surface area contributed by atoms with Crippen LogP contribution in [-0.4, -0.2) is 55.5 Å². The van der Waals surface area contributed by atoms with Gasteiger partial charge in [-0.3, -0.25) is 4.98 Å². The molecule has 4 heterocycles. The van der Waals surface area contributed by atoms with Crippen LogP contribution in [0.3, 0.4) is 0 Å². The molecule has 250 valence electrons. The monoisotopic (exact) mass is 689 g/mol. The summed E-state index contributed by atoms with van der Waals surface area (Å²) in [5.74, 6) is -3.95. The van der Waals surface area contributed by atoms with E-state index in [9.17, 15) is 31.1 Å². The Morgan fingerprint density at radius 3 is 2.21 bits per heavy atom.